The highest BCUT2D eigenvalue weighted by Crippen LogP contribution is 2.46. The van der Waals surface area contributed by atoms with Crippen molar-refractivity contribution in [2.45, 2.75) is 19.9 Å². The fourth-order valence-electron chi connectivity index (χ4n) is 4.67. The maximum absolute atomic E-state index is 13.2. The van der Waals surface area contributed by atoms with E-state index in [4.69, 9.17) is 0 Å². The first kappa shape index (κ1) is 19.1. The summed E-state index contributed by atoms with van der Waals surface area (Å²) in [5, 5.41) is 0. The zero-order valence-electron chi connectivity index (χ0n) is 16.4. The Morgan fingerprint density at radius 1 is 1.14 bits per heavy atom. The largest absolute Gasteiger partial charge is 0.357 e. The third-order valence-corrected chi connectivity index (χ3v) is 6.90. The number of aromatic nitrogens is 1. The molecule has 0 aliphatic carbocycles. The standard InChI is InChI=1S/C22H27N3O2S/c1-3-28-14-20(26)24-11-16-12-25(22(27)19-9-6-10-23-19)21(18(16)13-24)17-8-5-4-7-15(17)2/h4-10,16,18,21,23H,3,11-14H2,1-2H3/t16-,18-,21+/m0/s1. The maximum Gasteiger partial charge on any atom is 0.270 e. The van der Waals surface area contributed by atoms with E-state index in [0.717, 1.165) is 18.8 Å². The number of H-pyrrole nitrogens is 1. The molecule has 3 heterocycles. The van der Waals surface area contributed by atoms with Crippen LogP contribution in [-0.2, 0) is 4.79 Å². The Hall–Kier alpha value is -2.21. The fraction of sp³-hybridized carbons (Fsp3) is 0.455. The number of nitrogens with one attached hydrogen (secondary N) is 1. The van der Waals surface area contributed by atoms with E-state index in [0.29, 0.717) is 23.9 Å². The van der Waals surface area contributed by atoms with Crippen LogP contribution in [0.15, 0.2) is 42.6 Å². The molecular weight excluding hydrogens is 370 g/mol. The summed E-state index contributed by atoms with van der Waals surface area (Å²) in [6, 6.07) is 12.0. The molecule has 2 amide bonds. The van der Waals surface area contributed by atoms with Crippen LogP contribution in [0, 0.1) is 18.8 Å². The predicted octanol–water partition coefficient (Wildman–Crippen LogP) is 3.35. The summed E-state index contributed by atoms with van der Waals surface area (Å²) in [6.07, 6.45) is 1.79. The van der Waals surface area contributed by atoms with Gasteiger partial charge in [0, 0.05) is 37.7 Å². The van der Waals surface area contributed by atoms with Crippen LogP contribution in [0.4, 0.5) is 0 Å². The van der Waals surface area contributed by atoms with Crippen molar-refractivity contribution in [1.29, 1.82) is 0 Å². The van der Waals surface area contributed by atoms with E-state index in [2.05, 4.69) is 31.0 Å². The summed E-state index contributed by atoms with van der Waals surface area (Å²) in [6.45, 7) is 6.38. The molecule has 0 radical (unpaired) electrons. The molecule has 2 aliphatic rings. The highest BCUT2D eigenvalue weighted by Gasteiger charge is 2.50. The van der Waals surface area contributed by atoms with Crippen molar-refractivity contribution < 1.29 is 9.59 Å². The van der Waals surface area contributed by atoms with Gasteiger partial charge in [-0.25, -0.2) is 0 Å². The van der Waals surface area contributed by atoms with Gasteiger partial charge in [-0.05, 0) is 35.9 Å². The molecule has 148 valence electrons. The van der Waals surface area contributed by atoms with Crippen LogP contribution in [-0.4, -0.2) is 57.7 Å². The molecule has 0 saturated carbocycles. The summed E-state index contributed by atoms with van der Waals surface area (Å²) < 4.78 is 0. The van der Waals surface area contributed by atoms with Crippen molar-refractivity contribution in [3.8, 4) is 0 Å². The van der Waals surface area contributed by atoms with Gasteiger partial charge >= 0.3 is 0 Å². The number of fused-ring (bicyclic) bond motifs is 1. The van der Waals surface area contributed by atoms with Crippen LogP contribution < -0.4 is 0 Å². The number of hydrogen-bond acceptors (Lipinski definition) is 3. The SMILES string of the molecule is CCSCC(=O)N1C[C@H]2CN(C(=O)c3ccc[nH]3)[C@H](c3ccccc3C)[C@H]2C1. The highest BCUT2D eigenvalue weighted by molar-refractivity contribution is 7.99. The van der Waals surface area contributed by atoms with E-state index in [-0.39, 0.29) is 23.8 Å². The van der Waals surface area contributed by atoms with Crippen molar-refractivity contribution >= 4 is 23.6 Å². The molecule has 2 aromatic rings. The molecule has 5 nitrogen and oxygen atoms in total. The Morgan fingerprint density at radius 2 is 1.96 bits per heavy atom. The quantitative estimate of drug-likeness (QED) is 0.842. The Kier molecular flexibility index (Phi) is 5.49. The van der Waals surface area contributed by atoms with Crippen molar-refractivity contribution in [2.24, 2.45) is 11.8 Å². The fourth-order valence-corrected chi connectivity index (χ4v) is 5.23. The van der Waals surface area contributed by atoms with Gasteiger partial charge in [0.2, 0.25) is 5.91 Å². The maximum atomic E-state index is 13.2. The molecular formula is C22H27N3O2S. The first-order chi connectivity index (χ1) is 13.6. The zero-order valence-corrected chi connectivity index (χ0v) is 17.2. The summed E-state index contributed by atoms with van der Waals surface area (Å²) >= 11 is 1.67. The first-order valence-electron chi connectivity index (χ1n) is 9.95. The number of likely N-dealkylation sites (tertiary alicyclic amines) is 2. The number of nitrogens with zero attached hydrogens (tertiary/aromatic N) is 2. The second kappa shape index (κ2) is 8.03. The van der Waals surface area contributed by atoms with Crippen molar-refractivity contribution in [3.05, 3.63) is 59.4 Å². The van der Waals surface area contributed by atoms with E-state index >= 15 is 0 Å². The molecule has 6 heteroatoms. The Bertz CT molecular complexity index is 851. The van der Waals surface area contributed by atoms with Gasteiger partial charge in [-0.3, -0.25) is 9.59 Å². The van der Waals surface area contributed by atoms with Gasteiger partial charge in [-0.2, -0.15) is 11.8 Å². The zero-order chi connectivity index (χ0) is 19.7. The summed E-state index contributed by atoms with van der Waals surface area (Å²) in [4.78, 5) is 32.9. The number of thioether (sulfide) groups is 1. The lowest BCUT2D eigenvalue weighted by molar-refractivity contribution is -0.127. The van der Waals surface area contributed by atoms with Gasteiger partial charge in [-0.1, -0.05) is 31.2 Å². The number of carbonyl (C=O) groups excluding carboxylic acids is 2. The van der Waals surface area contributed by atoms with Crippen molar-refractivity contribution in [2.75, 3.05) is 31.1 Å². The highest BCUT2D eigenvalue weighted by atomic mass is 32.2. The second-order valence-corrected chi connectivity index (χ2v) is 8.98. The lowest BCUT2D eigenvalue weighted by Crippen LogP contribution is -2.38. The number of aryl methyl sites for hydroxylation is 1. The van der Waals surface area contributed by atoms with E-state index in [9.17, 15) is 9.59 Å². The smallest absolute Gasteiger partial charge is 0.270 e. The molecule has 4 rings (SSSR count). The van der Waals surface area contributed by atoms with E-state index in [1.807, 2.05) is 34.1 Å². The van der Waals surface area contributed by atoms with Crippen LogP contribution in [0.25, 0.3) is 0 Å². The lowest BCUT2D eigenvalue weighted by Gasteiger charge is -2.30. The van der Waals surface area contributed by atoms with Crippen molar-refractivity contribution in [3.63, 3.8) is 0 Å². The number of rotatable bonds is 5. The van der Waals surface area contributed by atoms with E-state index in [1.54, 1.807) is 18.0 Å². The molecule has 0 bridgehead atoms. The Labute approximate surface area is 170 Å². The molecule has 28 heavy (non-hydrogen) atoms. The minimum Gasteiger partial charge on any atom is -0.357 e. The van der Waals surface area contributed by atoms with Gasteiger partial charge in [0.15, 0.2) is 0 Å². The molecule has 2 aliphatic heterocycles. The predicted molar refractivity (Wildman–Crippen MR) is 112 cm³/mol. The molecule has 1 aromatic heterocycles. The average molecular weight is 398 g/mol. The van der Waals surface area contributed by atoms with Crippen molar-refractivity contribution in [1.82, 2.24) is 14.8 Å². The molecule has 1 aromatic carbocycles. The summed E-state index contributed by atoms with van der Waals surface area (Å²) in [5.74, 6) is 2.40. The number of amides is 2. The Morgan fingerprint density at radius 3 is 2.68 bits per heavy atom. The molecule has 1 N–H and O–H groups in total. The van der Waals surface area contributed by atoms with Crippen LogP contribution in [0.2, 0.25) is 0 Å². The van der Waals surface area contributed by atoms with Crippen LogP contribution >= 0.6 is 11.8 Å². The average Bonchev–Trinajstić information content (AvgIpc) is 3.42. The minimum absolute atomic E-state index is 0.0126. The molecule has 3 atom stereocenters. The summed E-state index contributed by atoms with van der Waals surface area (Å²) in [5.41, 5.74) is 3.03. The third kappa shape index (κ3) is 3.46. The van der Waals surface area contributed by atoms with Gasteiger partial charge in [-0.15, -0.1) is 0 Å². The molecule has 2 saturated heterocycles. The van der Waals surface area contributed by atoms with Crippen LogP contribution in [0.1, 0.15) is 34.6 Å². The lowest BCUT2D eigenvalue weighted by atomic mass is 9.87. The number of hydrogen-bond donors (Lipinski definition) is 1. The molecule has 0 unspecified atom stereocenters. The second-order valence-electron chi connectivity index (χ2n) is 7.70. The number of benzene rings is 1. The topological polar surface area (TPSA) is 56.4 Å². The number of aromatic amines is 1. The first-order valence-corrected chi connectivity index (χ1v) is 11.1. The third-order valence-electron chi connectivity index (χ3n) is 6.04. The van der Waals surface area contributed by atoms with Gasteiger partial charge in [0.25, 0.3) is 5.91 Å². The molecule has 2 fully saturated rings. The molecule has 0 spiro atoms. The minimum atomic E-state index is 0.0126. The van der Waals surface area contributed by atoms with E-state index < -0.39 is 0 Å². The van der Waals surface area contributed by atoms with Crippen LogP contribution in [0.3, 0.4) is 0 Å². The van der Waals surface area contributed by atoms with Gasteiger partial charge in [0.05, 0.1) is 11.8 Å². The monoisotopic (exact) mass is 397 g/mol. The Balaban J connectivity index is 1.62. The van der Waals surface area contributed by atoms with Gasteiger partial charge in [0.1, 0.15) is 5.69 Å². The van der Waals surface area contributed by atoms with E-state index in [1.165, 1.54) is 11.1 Å². The normalized spacial score (nSPS) is 23.9. The van der Waals surface area contributed by atoms with Crippen LogP contribution in [0.5, 0.6) is 0 Å². The number of carbonyl (C=O) groups is 2. The van der Waals surface area contributed by atoms with Gasteiger partial charge < -0.3 is 14.8 Å². The summed E-state index contributed by atoms with van der Waals surface area (Å²) in [7, 11) is 0.